The summed E-state index contributed by atoms with van der Waals surface area (Å²) < 4.78 is 32.6. The molecule has 0 spiro atoms. The highest BCUT2D eigenvalue weighted by Crippen LogP contribution is 2.18. The van der Waals surface area contributed by atoms with E-state index in [1.807, 2.05) is 19.1 Å². The number of carbonyl (C=O) groups excluding carboxylic acids is 2. The second-order valence-corrected chi connectivity index (χ2v) is 9.51. The number of aryl methyl sites for hydroxylation is 1. The summed E-state index contributed by atoms with van der Waals surface area (Å²) in [5.41, 5.74) is 1.65. The van der Waals surface area contributed by atoms with Gasteiger partial charge < -0.3 is 10.1 Å². The Labute approximate surface area is 183 Å². The molecule has 0 radical (unpaired) electrons. The average Bonchev–Trinajstić information content (AvgIpc) is 3.02. The molecule has 166 valence electrons. The van der Waals surface area contributed by atoms with Crippen LogP contribution in [0, 0.1) is 6.92 Å². The van der Waals surface area contributed by atoms with Gasteiger partial charge in [-0.05, 0) is 56.2 Å². The monoisotopic (exact) mass is 444 g/mol. The standard InChI is InChI=1S/C23H28N2O5S/c1-17-8-12-20(13-9-17)25-31(28,29)21-14-10-18(11-15-21)23(27)30-16-22(26)24-19-6-4-2-3-5-7-19/h8-15,19,25H,2-7,16H2,1H3,(H,24,26). The molecule has 2 aromatic rings. The maximum atomic E-state index is 12.5. The van der Waals surface area contributed by atoms with Crippen LogP contribution in [-0.4, -0.2) is 32.9 Å². The molecule has 0 heterocycles. The lowest BCUT2D eigenvalue weighted by molar-refractivity contribution is -0.125. The minimum atomic E-state index is -3.78. The number of amides is 1. The number of nitrogens with one attached hydrogen (secondary N) is 2. The Bertz CT molecular complexity index is 993. The van der Waals surface area contributed by atoms with Gasteiger partial charge in [-0.25, -0.2) is 13.2 Å². The van der Waals surface area contributed by atoms with Crippen LogP contribution in [0.5, 0.6) is 0 Å². The van der Waals surface area contributed by atoms with Crippen molar-refractivity contribution in [2.24, 2.45) is 0 Å². The maximum absolute atomic E-state index is 12.5. The number of ether oxygens (including phenoxy) is 1. The van der Waals surface area contributed by atoms with Gasteiger partial charge >= 0.3 is 5.97 Å². The van der Waals surface area contributed by atoms with Crippen LogP contribution in [0.25, 0.3) is 0 Å². The average molecular weight is 445 g/mol. The molecule has 2 aromatic carbocycles. The van der Waals surface area contributed by atoms with E-state index in [0.29, 0.717) is 5.69 Å². The SMILES string of the molecule is Cc1ccc(NS(=O)(=O)c2ccc(C(=O)OCC(=O)NC3CCCCCC3)cc2)cc1. The van der Waals surface area contributed by atoms with Crippen LogP contribution in [0.2, 0.25) is 0 Å². The summed E-state index contributed by atoms with van der Waals surface area (Å²) in [7, 11) is -3.78. The van der Waals surface area contributed by atoms with Gasteiger partial charge in [0.25, 0.3) is 15.9 Å². The molecule has 0 aliphatic heterocycles. The van der Waals surface area contributed by atoms with E-state index in [1.54, 1.807) is 12.1 Å². The molecule has 0 saturated heterocycles. The van der Waals surface area contributed by atoms with Gasteiger partial charge in [0.2, 0.25) is 0 Å². The van der Waals surface area contributed by atoms with Crippen molar-refractivity contribution >= 4 is 27.6 Å². The van der Waals surface area contributed by atoms with Crippen molar-refractivity contribution in [3.05, 3.63) is 59.7 Å². The summed E-state index contributed by atoms with van der Waals surface area (Å²) in [5, 5.41) is 2.92. The van der Waals surface area contributed by atoms with E-state index in [2.05, 4.69) is 10.0 Å². The van der Waals surface area contributed by atoms with Crippen LogP contribution in [0.3, 0.4) is 0 Å². The Morgan fingerprint density at radius 2 is 1.55 bits per heavy atom. The Hall–Kier alpha value is -2.87. The topological polar surface area (TPSA) is 102 Å². The van der Waals surface area contributed by atoms with Crippen LogP contribution in [0.4, 0.5) is 5.69 Å². The van der Waals surface area contributed by atoms with Crippen LogP contribution in [0.15, 0.2) is 53.4 Å². The van der Waals surface area contributed by atoms with Gasteiger partial charge in [-0.15, -0.1) is 0 Å². The number of rotatable bonds is 7. The third kappa shape index (κ3) is 6.82. The van der Waals surface area contributed by atoms with E-state index in [1.165, 1.54) is 37.1 Å². The predicted molar refractivity (Wildman–Crippen MR) is 118 cm³/mol. The smallest absolute Gasteiger partial charge is 0.338 e. The van der Waals surface area contributed by atoms with Crippen molar-refractivity contribution in [1.82, 2.24) is 5.32 Å². The highest BCUT2D eigenvalue weighted by Gasteiger charge is 2.18. The van der Waals surface area contributed by atoms with Crippen molar-refractivity contribution in [2.45, 2.75) is 56.4 Å². The summed E-state index contributed by atoms with van der Waals surface area (Å²) in [6, 6.07) is 12.5. The molecule has 0 aromatic heterocycles. The van der Waals surface area contributed by atoms with Gasteiger partial charge in [0.05, 0.1) is 10.5 Å². The minimum Gasteiger partial charge on any atom is -0.452 e. The van der Waals surface area contributed by atoms with Gasteiger partial charge in [-0.1, -0.05) is 43.4 Å². The molecule has 3 rings (SSSR count). The van der Waals surface area contributed by atoms with Gasteiger partial charge in [0, 0.05) is 11.7 Å². The molecule has 0 bridgehead atoms. The van der Waals surface area contributed by atoms with E-state index in [0.717, 1.165) is 31.2 Å². The number of anilines is 1. The third-order valence-electron chi connectivity index (χ3n) is 5.26. The molecule has 1 aliphatic carbocycles. The van der Waals surface area contributed by atoms with Crippen LogP contribution in [-0.2, 0) is 19.6 Å². The normalized spacial score (nSPS) is 15.0. The fraction of sp³-hybridized carbons (Fsp3) is 0.391. The van der Waals surface area contributed by atoms with Crippen LogP contribution in [0.1, 0.15) is 54.4 Å². The van der Waals surface area contributed by atoms with Crippen LogP contribution >= 0.6 is 0 Å². The first kappa shape index (κ1) is 22.8. The van der Waals surface area contributed by atoms with E-state index in [4.69, 9.17) is 4.74 Å². The zero-order valence-electron chi connectivity index (χ0n) is 17.6. The molecule has 0 atom stereocenters. The molecule has 8 heteroatoms. The summed E-state index contributed by atoms with van der Waals surface area (Å²) in [5.74, 6) is -0.992. The summed E-state index contributed by atoms with van der Waals surface area (Å²) in [4.78, 5) is 24.3. The maximum Gasteiger partial charge on any atom is 0.338 e. The number of esters is 1. The summed E-state index contributed by atoms with van der Waals surface area (Å²) in [6.45, 7) is 1.56. The molecule has 1 fully saturated rings. The Morgan fingerprint density at radius 1 is 0.935 bits per heavy atom. The van der Waals surface area contributed by atoms with E-state index >= 15 is 0 Å². The fourth-order valence-electron chi connectivity index (χ4n) is 3.51. The zero-order valence-corrected chi connectivity index (χ0v) is 18.4. The highest BCUT2D eigenvalue weighted by atomic mass is 32.2. The molecule has 1 saturated carbocycles. The molecule has 2 N–H and O–H groups in total. The minimum absolute atomic E-state index is 0.0238. The molecular formula is C23H28N2O5S. The first-order valence-electron chi connectivity index (χ1n) is 10.5. The van der Waals surface area contributed by atoms with Crippen LogP contribution < -0.4 is 10.0 Å². The summed E-state index contributed by atoms with van der Waals surface area (Å²) in [6.07, 6.45) is 6.47. The lowest BCUT2D eigenvalue weighted by Gasteiger charge is -2.16. The number of sulfonamides is 1. The Morgan fingerprint density at radius 3 is 2.16 bits per heavy atom. The van der Waals surface area contributed by atoms with E-state index in [-0.39, 0.29) is 29.0 Å². The predicted octanol–water partition coefficient (Wildman–Crippen LogP) is 3.79. The zero-order chi connectivity index (χ0) is 22.3. The van der Waals surface area contributed by atoms with Crippen molar-refractivity contribution < 1.29 is 22.7 Å². The summed E-state index contributed by atoms with van der Waals surface area (Å²) >= 11 is 0. The van der Waals surface area contributed by atoms with Crippen molar-refractivity contribution in [3.8, 4) is 0 Å². The van der Waals surface area contributed by atoms with Crippen molar-refractivity contribution in [1.29, 1.82) is 0 Å². The van der Waals surface area contributed by atoms with Gasteiger partial charge in [-0.2, -0.15) is 0 Å². The molecule has 1 amide bonds. The van der Waals surface area contributed by atoms with Gasteiger partial charge in [0.1, 0.15) is 0 Å². The number of hydrogen-bond donors (Lipinski definition) is 2. The molecule has 7 nitrogen and oxygen atoms in total. The Kier molecular flexibility index (Phi) is 7.68. The van der Waals surface area contributed by atoms with E-state index in [9.17, 15) is 18.0 Å². The van der Waals surface area contributed by atoms with Gasteiger partial charge in [-0.3, -0.25) is 9.52 Å². The third-order valence-corrected chi connectivity index (χ3v) is 6.66. The number of carbonyl (C=O) groups is 2. The Balaban J connectivity index is 1.53. The van der Waals surface area contributed by atoms with Crippen molar-refractivity contribution in [3.63, 3.8) is 0 Å². The quantitative estimate of drug-likeness (QED) is 0.500. The number of hydrogen-bond acceptors (Lipinski definition) is 5. The molecule has 31 heavy (non-hydrogen) atoms. The van der Waals surface area contributed by atoms with Crippen molar-refractivity contribution in [2.75, 3.05) is 11.3 Å². The molecule has 0 unspecified atom stereocenters. The first-order valence-corrected chi connectivity index (χ1v) is 12.0. The second-order valence-electron chi connectivity index (χ2n) is 7.83. The largest absolute Gasteiger partial charge is 0.452 e. The van der Waals surface area contributed by atoms with Gasteiger partial charge in [0.15, 0.2) is 6.61 Å². The first-order chi connectivity index (χ1) is 14.8. The fourth-order valence-corrected chi connectivity index (χ4v) is 4.57. The molecular weight excluding hydrogens is 416 g/mol. The lowest BCUT2D eigenvalue weighted by atomic mass is 10.1. The highest BCUT2D eigenvalue weighted by molar-refractivity contribution is 7.92. The second kappa shape index (κ2) is 10.4. The number of benzene rings is 2. The van der Waals surface area contributed by atoms with E-state index < -0.39 is 16.0 Å². The lowest BCUT2D eigenvalue weighted by Crippen LogP contribution is -2.37. The molecule has 1 aliphatic rings.